The van der Waals surface area contributed by atoms with E-state index in [-0.39, 0.29) is 12.7 Å². The van der Waals surface area contributed by atoms with Gasteiger partial charge in [0.05, 0.1) is 12.1 Å². The maximum Gasteiger partial charge on any atom is 0.268 e. The summed E-state index contributed by atoms with van der Waals surface area (Å²) in [5.74, 6) is 1.24. The van der Waals surface area contributed by atoms with E-state index in [9.17, 15) is 4.79 Å². The minimum Gasteiger partial charge on any atom is -0.454 e. The molecule has 1 aliphatic rings. The Bertz CT molecular complexity index is 962. The zero-order valence-corrected chi connectivity index (χ0v) is 15.7. The molecule has 3 aromatic rings. The second-order valence-corrected chi connectivity index (χ2v) is 6.63. The maximum absolute atomic E-state index is 12.7. The molecule has 8 heteroatoms. The number of aromatic nitrogens is 1. The topological polar surface area (TPSA) is 74.9 Å². The molecule has 4 rings (SSSR count). The summed E-state index contributed by atoms with van der Waals surface area (Å²) in [7, 11) is 1.63. The van der Waals surface area contributed by atoms with E-state index in [4.69, 9.17) is 18.6 Å². The Kier molecular flexibility index (Phi) is 4.60. The molecule has 7 nitrogen and oxygen atoms in total. The number of carbonyl (C=O) groups excluding carboxylic acids is 1. The van der Waals surface area contributed by atoms with Crippen molar-refractivity contribution in [2.45, 2.75) is 13.1 Å². The minimum atomic E-state index is -0.179. The van der Waals surface area contributed by atoms with E-state index >= 15 is 0 Å². The standard InChI is InChI=1S/C18H17BrN2O5/c1-23-5-4-21-12-8-17(19)26-15(12)7-13(21)18(22)20-9-11-2-3-14-16(6-11)25-10-24-14/h2-3,6-8H,4-5,9-10H2,1H3,(H,20,22). The number of halogens is 1. The maximum atomic E-state index is 12.7. The van der Waals surface area contributed by atoms with Gasteiger partial charge in [-0.2, -0.15) is 0 Å². The monoisotopic (exact) mass is 420 g/mol. The highest BCUT2D eigenvalue weighted by atomic mass is 79.9. The van der Waals surface area contributed by atoms with E-state index in [1.807, 2.05) is 28.8 Å². The molecule has 0 aliphatic carbocycles. The molecule has 0 radical (unpaired) electrons. The van der Waals surface area contributed by atoms with Gasteiger partial charge in [0.15, 0.2) is 21.8 Å². The van der Waals surface area contributed by atoms with Crippen LogP contribution in [-0.2, 0) is 17.8 Å². The number of hydrogen-bond acceptors (Lipinski definition) is 5. The SMILES string of the molecule is COCCn1c(C(=O)NCc2ccc3c(c2)OCO3)cc2oc(Br)cc21. The van der Waals surface area contributed by atoms with Gasteiger partial charge in [0.25, 0.3) is 5.91 Å². The Morgan fingerprint density at radius 3 is 2.96 bits per heavy atom. The number of methoxy groups -OCH3 is 1. The van der Waals surface area contributed by atoms with E-state index in [1.165, 1.54) is 0 Å². The molecule has 0 fully saturated rings. The molecule has 0 saturated carbocycles. The third kappa shape index (κ3) is 3.17. The number of nitrogens with one attached hydrogen (secondary N) is 1. The Hall–Kier alpha value is -2.45. The summed E-state index contributed by atoms with van der Waals surface area (Å²) in [4.78, 5) is 12.7. The van der Waals surface area contributed by atoms with Gasteiger partial charge in [-0.1, -0.05) is 6.07 Å². The van der Waals surface area contributed by atoms with Crippen molar-refractivity contribution in [3.05, 3.63) is 46.3 Å². The van der Waals surface area contributed by atoms with E-state index in [1.54, 1.807) is 13.2 Å². The lowest BCUT2D eigenvalue weighted by Crippen LogP contribution is -2.26. The largest absolute Gasteiger partial charge is 0.454 e. The van der Waals surface area contributed by atoms with Crippen molar-refractivity contribution in [2.24, 2.45) is 0 Å². The first-order valence-electron chi connectivity index (χ1n) is 8.10. The van der Waals surface area contributed by atoms with Gasteiger partial charge in [-0.25, -0.2) is 0 Å². The Balaban J connectivity index is 1.53. The molecular weight excluding hydrogens is 404 g/mol. The van der Waals surface area contributed by atoms with Crippen LogP contribution in [0, 0.1) is 0 Å². The van der Waals surface area contributed by atoms with E-state index in [0.29, 0.717) is 41.4 Å². The summed E-state index contributed by atoms with van der Waals surface area (Å²) in [6.45, 7) is 1.66. The summed E-state index contributed by atoms with van der Waals surface area (Å²) in [6, 6.07) is 9.20. The summed E-state index contributed by atoms with van der Waals surface area (Å²) < 4.78 is 23.9. The van der Waals surface area contributed by atoms with Crippen LogP contribution in [0.5, 0.6) is 11.5 Å². The molecule has 26 heavy (non-hydrogen) atoms. The molecule has 1 aliphatic heterocycles. The van der Waals surface area contributed by atoms with Gasteiger partial charge in [0.2, 0.25) is 6.79 Å². The molecule has 2 aromatic heterocycles. The number of nitrogens with zero attached hydrogens (tertiary/aromatic N) is 1. The number of carbonyl (C=O) groups is 1. The lowest BCUT2D eigenvalue weighted by molar-refractivity contribution is 0.0939. The van der Waals surface area contributed by atoms with Gasteiger partial charge in [-0.3, -0.25) is 4.79 Å². The van der Waals surface area contributed by atoms with Crippen molar-refractivity contribution in [1.29, 1.82) is 0 Å². The highest BCUT2D eigenvalue weighted by molar-refractivity contribution is 9.10. The minimum absolute atomic E-state index is 0.179. The summed E-state index contributed by atoms with van der Waals surface area (Å²) in [5.41, 5.74) is 2.97. The van der Waals surface area contributed by atoms with Crippen molar-refractivity contribution < 1.29 is 23.4 Å². The van der Waals surface area contributed by atoms with Crippen LogP contribution >= 0.6 is 15.9 Å². The number of rotatable bonds is 6. The van der Waals surface area contributed by atoms with Gasteiger partial charge < -0.3 is 28.5 Å². The molecule has 0 saturated heterocycles. The van der Waals surface area contributed by atoms with Crippen LogP contribution in [-0.4, -0.2) is 31.0 Å². The molecule has 0 unspecified atom stereocenters. The van der Waals surface area contributed by atoms with Crippen molar-refractivity contribution >= 4 is 32.9 Å². The van der Waals surface area contributed by atoms with Crippen LogP contribution in [0.4, 0.5) is 0 Å². The molecule has 1 amide bonds. The summed E-state index contributed by atoms with van der Waals surface area (Å²) in [6.07, 6.45) is 0. The number of hydrogen-bond donors (Lipinski definition) is 1. The lowest BCUT2D eigenvalue weighted by Gasteiger charge is -2.10. The summed E-state index contributed by atoms with van der Waals surface area (Å²) in [5, 5.41) is 2.94. The number of amides is 1. The highest BCUT2D eigenvalue weighted by Gasteiger charge is 2.19. The average Bonchev–Trinajstić information content (AvgIpc) is 3.31. The molecule has 0 bridgehead atoms. The third-order valence-corrected chi connectivity index (χ3v) is 4.59. The molecule has 136 valence electrons. The highest BCUT2D eigenvalue weighted by Crippen LogP contribution is 2.32. The number of benzene rings is 1. The molecule has 1 aromatic carbocycles. The zero-order valence-electron chi connectivity index (χ0n) is 14.1. The Morgan fingerprint density at radius 2 is 2.12 bits per heavy atom. The normalized spacial score (nSPS) is 12.7. The van der Waals surface area contributed by atoms with E-state index in [2.05, 4.69) is 21.2 Å². The van der Waals surface area contributed by atoms with Crippen LogP contribution in [0.1, 0.15) is 16.1 Å². The van der Waals surface area contributed by atoms with Crippen LogP contribution < -0.4 is 14.8 Å². The third-order valence-electron chi connectivity index (χ3n) is 4.20. The summed E-state index contributed by atoms with van der Waals surface area (Å²) >= 11 is 3.32. The second-order valence-electron chi connectivity index (χ2n) is 5.84. The predicted molar refractivity (Wildman–Crippen MR) is 97.5 cm³/mol. The first-order chi connectivity index (χ1) is 12.7. The Labute approximate surface area is 157 Å². The van der Waals surface area contributed by atoms with Crippen molar-refractivity contribution in [3.8, 4) is 11.5 Å². The van der Waals surface area contributed by atoms with Crippen LogP contribution in [0.25, 0.3) is 11.1 Å². The quantitative estimate of drug-likeness (QED) is 0.661. The van der Waals surface area contributed by atoms with Crippen LogP contribution in [0.15, 0.2) is 39.4 Å². The second kappa shape index (κ2) is 7.05. The molecule has 1 N–H and O–H groups in total. The Morgan fingerprint density at radius 1 is 1.27 bits per heavy atom. The average molecular weight is 421 g/mol. The van der Waals surface area contributed by atoms with E-state index in [0.717, 1.165) is 16.8 Å². The van der Waals surface area contributed by atoms with Crippen molar-refractivity contribution in [1.82, 2.24) is 9.88 Å². The fourth-order valence-electron chi connectivity index (χ4n) is 2.95. The first-order valence-corrected chi connectivity index (χ1v) is 8.89. The lowest BCUT2D eigenvalue weighted by atomic mass is 10.2. The number of furan rings is 1. The van der Waals surface area contributed by atoms with Crippen molar-refractivity contribution in [3.63, 3.8) is 0 Å². The van der Waals surface area contributed by atoms with Gasteiger partial charge in [-0.15, -0.1) is 0 Å². The molecular formula is C18H17BrN2O5. The first kappa shape index (κ1) is 17.0. The number of fused-ring (bicyclic) bond motifs is 2. The zero-order chi connectivity index (χ0) is 18.1. The van der Waals surface area contributed by atoms with Crippen molar-refractivity contribution in [2.75, 3.05) is 20.5 Å². The van der Waals surface area contributed by atoms with Gasteiger partial charge in [0, 0.05) is 32.3 Å². The number of ether oxygens (including phenoxy) is 3. The van der Waals surface area contributed by atoms with E-state index < -0.39 is 0 Å². The molecule has 0 atom stereocenters. The fourth-order valence-corrected chi connectivity index (χ4v) is 3.34. The van der Waals surface area contributed by atoms with Gasteiger partial charge in [0.1, 0.15) is 5.69 Å². The molecule has 0 spiro atoms. The predicted octanol–water partition coefficient (Wildman–Crippen LogP) is 3.30. The van der Waals surface area contributed by atoms with Gasteiger partial charge >= 0.3 is 0 Å². The van der Waals surface area contributed by atoms with Crippen LogP contribution in [0.3, 0.4) is 0 Å². The van der Waals surface area contributed by atoms with Crippen LogP contribution in [0.2, 0.25) is 0 Å². The smallest absolute Gasteiger partial charge is 0.268 e. The fraction of sp³-hybridized carbons (Fsp3) is 0.278. The van der Waals surface area contributed by atoms with Gasteiger partial charge in [-0.05, 0) is 33.6 Å². The molecule has 3 heterocycles.